The van der Waals surface area contributed by atoms with Crippen LogP contribution in [0, 0.1) is 11.8 Å². The van der Waals surface area contributed by atoms with E-state index in [4.69, 9.17) is 17.0 Å². The van der Waals surface area contributed by atoms with Crippen molar-refractivity contribution >= 4 is 28.4 Å². The molecule has 0 heterocycles. The standard InChI is InChI=1S/C10H13F3OS2/c1-16-8(15)14-9(10(11,12)13)5-6-2-3-7(9)4-6/h6-7H,2-5H2,1H3/t6-,7+,9+/m1/s1. The van der Waals surface area contributed by atoms with Crippen LogP contribution in [0.15, 0.2) is 0 Å². The topological polar surface area (TPSA) is 9.23 Å². The summed E-state index contributed by atoms with van der Waals surface area (Å²) in [6.45, 7) is 0. The number of alkyl halides is 3. The minimum absolute atomic E-state index is 0.00451. The van der Waals surface area contributed by atoms with Crippen LogP contribution in [0.25, 0.3) is 0 Å². The highest BCUT2D eigenvalue weighted by Gasteiger charge is 2.67. The van der Waals surface area contributed by atoms with Gasteiger partial charge in [-0.2, -0.15) is 13.2 Å². The third kappa shape index (κ3) is 1.83. The average Bonchev–Trinajstić information content (AvgIpc) is 2.76. The number of rotatable bonds is 1. The van der Waals surface area contributed by atoms with Gasteiger partial charge in [0.25, 0.3) is 0 Å². The Kier molecular flexibility index (Phi) is 3.16. The molecule has 0 N–H and O–H groups in total. The first-order valence-corrected chi connectivity index (χ1v) is 6.86. The summed E-state index contributed by atoms with van der Waals surface area (Å²) >= 11 is 5.85. The van der Waals surface area contributed by atoms with E-state index in [1.54, 1.807) is 6.26 Å². The zero-order valence-corrected chi connectivity index (χ0v) is 10.5. The number of thiocarbonyl (C=S) groups is 1. The van der Waals surface area contributed by atoms with Crippen LogP contribution in [0.2, 0.25) is 0 Å². The van der Waals surface area contributed by atoms with E-state index in [0.717, 1.165) is 18.2 Å². The fourth-order valence-corrected chi connectivity index (χ4v) is 3.38. The van der Waals surface area contributed by atoms with Gasteiger partial charge in [-0.1, -0.05) is 11.8 Å². The smallest absolute Gasteiger partial charge is 0.428 e. The predicted molar refractivity (Wildman–Crippen MR) is 61.4 cm³/mol. The highest BCUT2D eigenvalue weighted by atomic mass is 32.2. The zero-order valence-electron chi connectivity index (χ0n) is 8.84. The second-order valence-electron chi connectivity index (χ2n) is 4.52. The van der Waals surface area contributed by atoms with Crippen molar-refractivity contribution in [3.05, 3.63) is 0 Å². The number of fused-ring (bicyclic) bond motifs is 2. The van der Waals surface area contributed by atoms with Crippen molar-refractivity contribution in [3.8, 4) is 0 Å². The molecule has 0 aliphatic heterocycles. The fraction of sp³-hybridized carbons (Fsp3) is 0.900. The molecule has 2 aliphatic rings. The van der Waals surface area contributed by atoms with Crippen LogP contribution in [0.1, 0.15) is 25.7 Å². The molecule has 1 nitrogen and oxygen atoms in total. The first-order valence-electron chi connectivity index (χ1n) is 5.23. The van der Waals surface area contributed by atoms with Crippen LogP contribution >= 0.6 is 24.0 Å². The maximum absolute atomic E-state index is 13.2. The normalized spacial score (nSPS) is 37.8. The Morgan fingerprint density at radius 2 is 2.12 bits per heavy atom. The van der Waals surface area contributed by atoms with Crippen LogP contribution in [0.4, 0.5) is 13.2 Å². The Labute approximate surface area is 102 Å². The van der Waals surface area contributed by atoms with Crippen LogP contribution in [0.3, 0.4) is 0 Å². The molecule has 0 aromatic carbocycles. The van der Waals surface area contributed by atoms with Gasteiger partial charge in [-0.05, 0) is 50.1 Å². The van der Waals surface area contributed by atoms with Gasteiger partial charge in [-0.3, -0.25) is 0 Å². The van der Waals surface area contributed by atoms with Crippen molar-refractivity contribution < 1.29 is 17.9 Å². The summed E-state index contributed by atoms with van der Waals surface area (Å²) in [5, 5.41) is 0. The van der Waals surface area contributed by atoms with Crippen LogP contribution in [-0.4, -0.2) is 22.4 Å². The Hall–Kier alpha value is 0.0300. The molecule has 0 amide bonds. The summed E-state index contributed by atoms with van der Waals surface area (Å²) in [5.74, 6) is -0.237. The molecule has 2 fully saturated rings. The summed E-state index contributed by atoms with van der Waals surface area (Å²) < 4.78 is 44.6. The number of hydrogen-bond acceptors (Lipinski definition) is 3. The van der Waals surface area contributed by atoms with Gasteiger partial charge < -0.3 is 4.74 Å². The van der Waals surface area contributed by atoms with Crippen molar-refractivity contribution in [2.45, 2.75) is 37.5 Å². The second-order valence-corrected chi connectivity index (χ2v) is 5.93. The fourth-order valence-electron chi connectivity index (χ4n) is 3.00. The summed E-state index contributed by atoms with van der Waals surface area (Å²) in [6.07, 6.45) is -0.441. The number of hydrogen-bond donors (Lipinski definition) is 0. The summed E-state index contributed by atoms with van der Waals surface area (Å²) in [4.78, 5) is 0. The van der Waals surface area contributed by atoms with Crippen molar-refractivity contribution in [3.63, 3.8) is 0 Å². The van der Waals surface area contributed by atoms with Crippen LogP contribution in [-0.2, 0) is 4.74 Å². The van der Waals surface area contributed by atoms with Gasteiger partial charge in [0, 0.05) is 5.92 Å². The molecule has 16 heavy (non-hydrogen) atoms. The quantitative estimate of drug-likeness (QED) is 0.671. The highest BCUT2D eigenvalue weighted by molar-refractivity contribution is 8.22. The van der Waals surface area contributed by atoms with E-state index in [2.05, 4.69) is 0 Å². The van der Waals surface area contributed by atoms with Crippen LogP contribution in [0.5, 0.6) is 0 Å². The van der Waals surface area contributed by atoms with Gasteiger partial charge in [0.15, 0.2) is 0 Å². The SMILES string of the molecule is CSC(=S)O[C@@]1(C(F)(F)F)C[C@@H]2CC[C@H]1C2. The molecule has 0 aromatic rings. The number of thioether (sulfide) groups is 1. The lowest BCUT2D eigenvalue weighted by Crippen LogP contribution is -2.52. The highest BCUT2D eigenvalue weighted by Crippen LogP contribution is 2.59. The first-order chi connectivity index (χ1) is 7.39. The first kappa shape index (κ1) is 12.5. The second kappa shape index (κ2) is 4.05. The minimum atomic E-state index is -4.31. The molecule has 2 saturated carbocycles. The molecular formula is C10H13F3OS2. The molecule has 0 spiro atoms. The largest absolute Gasteiger partial charge is 0.462 e. The maximum atomic E-state index is 13.2. The lowest BCUT2D eigenvalue weighted by atomic mass is 9.83. The lowest BCUT2D eigenvalue weighted by molar-refractivity contribution is -0.268. The average molecular weight is 270 g/mol. The van der Waals surface area contributed by atoms with Gasteiger partial charge in [0.1, 0.15) is 0 Å². The van der Waals surface area contributed by atoms with Gasteiger partial charge in [0.2, 0.25) is 9.98 Å². The molecule has 0 saturated heterocycles. The van der Waals surface area contributed by atoms with E-state index < -0.39 is 17.7 Å². The molecule has 2 aliphatic carbocycles. The van der Waals surface area contributed by atoms with E-state index in [1.165, 1.54) is 0 Å². The Balaban J connectivity index is 2.24. The third-order valence-corrected chi connectivity index (χ3v) is 4.70. The minimum Gasteiger partial charge on any atom is -0.462 e. The summed E-state index contributed by atoms with van der Waals surface area (Å²) in [7, 11) is 0. The monoisotopic (exact) mass is 270 g/mol. The van der Waals surface area contributed by atoms with E-state index in [1.807, 2.05) is 0 Å². The zero-order chi connectivity index (χ0) is 12.0. The van der Waals surface area contributed by atoms with Crippen molar-refractivity contribution in [1.29, 1.82) is 0 Å². The predicted octanol–water partition coefficient (Wildman–Crippen LogP) is 3.77. The van der Waals surface area contributed by atoms with Gasteiger partial charge >= 0.3 is 6.18 Å². The third-order valence-electron chi connectivity index (χ3n) is 3.70. The molecule has 2 rings (SSSR count). The Morgan fingerprint density at radius 3 is 2.50 bits per heavy atom. The van der Waals surface area contributed by atoms with E-state index in [0.29, 0.717) is 12.8 Å². The van der Waals surface area contributed by atoms with E-state index in [-0.39, 0.29) is 16.7 Å². The molecule has 92 valence electrons. The van der Waals surface area contributed by atoms with Crippen molar-refractivity contribution in [2.75, 3.05) is 6.26 Å². The maximum Gasteiger partial charge on any atom is 0.428 e. The van der Waals surface area contributed by atoms with Gasteiger partial charge in [-0.25, -0.2) is 0 Å². The molecule has 3 atom stereocenters. The summed E-state index contributed by atoms with van der Waals surface area (Å²) in [5.41, 5.74) is -1.99. The molecule has 0 unspecified atom stereocenters. The van der Waals surface area contributed by atoms with Gasteiger partial charge in [0.05, 0.1) is 0 Å². The van der Waals surface area contributed by atoms with Crippen molar-refractivity contribution in [1.82, 2.24) is 0 Å². The van der Waals surface area contributed by atoms with Crippen molar-refractivity contribution in [2.24, 2.45) is 11.8 Å². The molecule has 2 bridgehead atoms. The van der Waals surface area contributed by atoms with E-state index in [9.17, 15) is 13.2 Å². The number of halogens is 3. The van der Waals surface area contributed by atoms with Gasteiger partial charge in [-0.15, -0.1) is 0 Å². The Bertz CT molecular complexity index is 305. The lowest BCUT2D eigenvalue weighted by Gasteiger charge is -2.39. The van der Waals surface area contributed by atoms with Crippen LogP contribution < -0.4 is 0 Å². The summed E-state index contributed by atoms with van der Waals surface area (Å²) in [6, 6.07) is 0. The number of ether oxygens (including phenoxy) is 1. The molecule has 6 heteroatoms. The molecule has 0 aromatic heterocycles. The Morgan fingerprint density at radius 1 is 1.44 bits per heavy atom. The molecule has 0 radical (unpaired) electrons. The van der Waals surface area contributed by atoms with E-state index >= 15 is 0 Å². The molecular weight excluding hydrogens is 257 g/mol.